The fourth-order valence-electron chi connectivity index (χ4n) is 2.61. The topological polar surface area (TPSA) is 64.6 Å². The molecule has 140 valence electrons. The van der Waals surface area contributed by atoms with Crippen LogP contribution in [0.15, 0.2) is 12.7 Å². The summed E-state index contributed by atoms with van der Waals surface area (Å²) in [4.78, 5) is 24.4. The van der Waals surface area contributed by atoms with E-state index in [9.17, 15) is 9.59 Å². The SMILES string of the molecule is C=CCCC(C)CC(CC)C(NC(=O)OC(C)(C)C)C(=O)OCC. The van der Waals surface area contributed by atoms with Gasteiger partial charge in [0.1, 0.15) is 11.6 Å². The van der Waals surface area contributed by atoms with Crippen LogP contribution in [0.1, 0.15) is 67.2 Å². The number of hydrogen-bond donors (Lipinski definition) is 1. The Morgan fingerprint density at radius 1 is 1.25 bits per heavy atom. The van der Waals surface area contributed by atoms with Crippen molar-refractivity contribution in [1.82, 2.24) is 5.32 Å². The van der Waals surface area contributed by atoms with Gasteiger partial charge in [0.25, 0.3) is 0 Å². The third-order valence-electron chi connectivity index (χ3n) is 3.78. The highest BCUT2D eigenvalue weighted by molar-refractivity contribution is 5.81. The number of allylic oxidation sites excluding steroid dienone is 1. The smallest absolute Gasteiger partial charge is 0.408 e. The summed E-state index contributed by atoms with van der Waals surface area (Å²) in [6, 6.07) is -0.684. The molecule has 3 atom stereocenters. The minimum absolute atomic E-state index is 0.0105. The summed E-state index contributed by atoms with van der Waals surface area (Å²) in [5, 5.41) is 2.71. The summed E-state index contributed by atoms with van der Waals surface area (Å²) in [6.07, 6.45) is 4.89. The molecule has 0 spiro atoms. The van der Waals surface area contributed by atoms with Gasteiger partial charge in [0.15, 0.2) is 0 Å². The van der Waals surface area contributed by atoms with E-state index in [2.05, 4.69) is 18.8 Å². The summed E-state index contributed by atoms with van der Waals surface area (Å²) in [5.74, 6) is 0.0489. The highest BCUT2D eigenvalue weighted by atomic mass is 16.6. The quantitative estimate of drug-likeness (QED) is 0.470. The molecule has 0 fully saturated rings. The minimum atomic E-state index is -0.684. The van der Waals surface area contributed by atoms with Gasteiger partial charge in [0.2, 0.25) is 0 Å². The maximum atomic E-state index is 12.3. The molecule has 0 saturated carbocycles. The predicted octanol–water partition coefficient (Wildman–Crippen LogP) is 4.46. The van der Waals surface area contributed by atoms with Gasteiger partial charge >= 0.3 is 12.1 Å². The van der Waals surface area contributed by atoms with Crippen LogP contribution >= 0.6 is 0 Å². The number of alkyl carbamates (subject to hydrolysis) is 1. The van der Waals surface area contributed by atoms with Gasteiger partial charge in [0.05, 0.1) is 6.61 Å². The average Bonchev–Trinajstić information content (AvgIpc) is 2.46. The lowest BCUT2D eigenvalue weighted by Gasteiger charge is -2.29. The summed E-state index contributed by atoms with van der Waals surface area (Å²) in [5.41, 5.74) is -0.609. The molecule has 0 aromatic rings. The van der Waals surface area contributed by atoms with Crippen LogP contribution in [0, 0.1) is 11.8 Å². The summed E-state index contributed by atoms with van der Waals surface area (Å²) >= 11 is 0. The van der Waals surface area contributed by atoms with Crippen LogP contribution in [0.2, 0.25) is 0 Å². The molecule has 0 bridgehead atoms. The highest BCUT2D eigenvalue weighted by Gasteiger charge is 2.32. The van der Waals surface area contributed by atoms with Crippen molar-refractivity contribution in [3.05, 3.63) is 12.7 Å². The molecule has 5 nitrogen and oxygen atoms in total. The normalized spacial score (nSPS) is 15.1. The van der Waals surface area contributed by atoms with Crippen LogP contribution in [0.25, 0.3) is 0 Å². The van der Waals surface area contributed by atoms with E-state index >= 15 is 0 Å². The van der Waals surface area contributed by atoms with Crippen molar-refractivity contribution in [2.24, 2.45) is 11.8 Å². The average molecular weight is 341 g/mol. The number of rotatable bonds is 10. The molecule has 0 aliphatic heterocycles. The van der Waals surface area contributed by atoms with E-state index in [0.717, 1.165) is 25.7 Å². The van der Waals surface area contributed by atoms with Crippen LogP contribution in [-0.2, 0) is 14.3 Å². The summed E-state index contributed by atoms with van der Waals surface area (Å²) in [6.45, 7) is 15.3. The van der Waals surface area contributed by atoms with E-state index in [-0.39, 0.29) is 12.5 Å². The molecular weight excluding hydrogens is 306 g/mol. The van der Waals surface area contributed by atoms with Crippen LogP contribution in [-0.4, -0.2) is 30.3 Å². The van der Waals surface area contributed by atoms with E-state index in [4.69, 9.17) is 9.47 Å². The lowest BCUT2D eigenvalue weighted by molar-refractivity contribution is -0.147. The fraction of sp³-hybridized carbons (Fsp3) is 0.789. The molecule has 5 heteroatoms. The van der Waals surface area contributed by atoms with Crippen LogP contribution in [0.3, 0.4) is 0 Å². The Balaban J connectivity index is 5.02. The molecule has 1 N–H and O–H groups in total. The van der Waals surface area contributed by atoms with Gasteiger partial charge in [0, 0.05) is 0 Å². The molecular formula is C19H35NO4. The van der Waals surface area contributed by atoms with E-state index in [1.54, 1.807) is 27.7 Å². The molecule has 24 heavy (non-hydrogen) atoms. The number of esters is 1. The number of hydrogen-bond acceptors (Lipinski definition) is 4. The number of carbonyl (C=O) groups is 2. The molecule has 0 aliphatic carbocycles. The Hall–Kier alpha value is -1.52. The van der Waals surface area contributed by atoms with Gasteiger partial charge in [-0.25, -0.2) is 9.59 Å². The first kappa shape index (κ1) is 22.5. The number of carbonyl (C=O) groups excluding carboxylic acids is 2. The van der Waals surface area contributed by atoms with Crippen molar-refractivity contribution < 1.29 is 19.1 Å². The van der Waals surface area contributed by atoms with E-state index < -0.39 is 23.7 Å². The Morgan fingerprint density at radius 2 is 1.88 bits per heavy atom. The van der Waals surface area contributed by atoms with E-state index in [1.165, 1.54) is 0 Å². The van der Waals surface area contributed by atoms with Crippen molar-refractivity contribution >= 4 is 12.1 Å². The summed E-state index contributed by atoms with van der Waals surface area (Å²) < 4.78 is 10.4. The van der Waals surface area contributed by atoms with E-state index in [1.807, 2.05) is 13.0 Å². The zero-order valence-electron chi connectivity index (χ0n) is 16.2. The Morgan fingerprint density at radius 3 is 2.33 bits per heavy atom. The second-order valence-electron chi connectivity index (χ2n) is 7.25. The van der Waals surface area contributed by atoms with Crippen molar-refractivity contribution in [1.29, 1.82) is 0 Å². The van der Waals surface area contributed by atoms with Gasteiger partial charge < -0.3 is 14.8 Å². The predicted molar refractivity (Wildman–Crippen MR) is 96.8 cm³/mol. The molecule has 0 radical (unpaired) electrons. The maximum Gasteiger partial charge on any atom is 0.408 e. The summed E-state index contributed by atoms with van der Waals surface area (Å²) in [7, 11) is 0. The molecule has 0 aromatic carbocycles. The first-order valence-electron chi connectivity index (χ1n) is 8.91. The second kappa shape index (κ2) is 11.1. The largest absolute Gasteiger partial charge is 0.464 e. The van der Waals surface area contributed by atoms with Crippen LogP contribution in [0.5, 0.6) is 0 Å². The molecule has 0 saturated heterocycles. The zero-order valence-corrected chi connectivity index (χ0v) is 16.2. The lowest BCUT2D eigenvalue weighted by Crippen LogP contribution is -2.48. The van der Waals surface area contributed by atoms with Crippen molar-refractivity contribution in [2.75, 3.05) is 6.61 Å². The number of amides is 1. The van der Waals surface area contributed by atoms with Crippen molar-refractivity contribution in [2.45, 2.75) is 78.9 Å². The van der Waals surface area contributed by atoms with Crippen molar-refractivity contribution in [3.8, 4) is 0 Å². The Labute approximate surface area is 147 Å². The molecule has 0 rings (SSSR count). The monoisotopic (exact) mass is 341 g/mol. The van der Waals surface area contributed by atoms with Crippen molar-refractivity contribution in [3.63, 3.8) is 0 Å². The molecule has 0 heterocycles. The maximum absolute atomic E-state index is 12.3. The first-order chi connectivity index (χ1) is 11.1. The van der Waals surface area contributed by atoms with E-state index in [0.29, 0.717) is 5.92 Å². The second-order valence-corrected chi connectivity index (χ2v) is 7.25. The molecule has 0 aliphatic rings. The zero-order chi connectivity index (χ0) is 18.8. The van der Waals surface area contributed by atoms with Crippen LogP contribution < -0.4 is 5.32 Å². The Bertz CT molecular complexity index is 401. The standard InChI is InChI=1S/C19H35NO4/c1-8-11-12-14(4)13-15(9-2)16(17(21)23-10-3)20-18(22)24-19(5,6)7/h8,14-16H,1,9-13H2,2-7H3,(H,20,22). The fourth-order valence-corrected chi connectivity index (χ4v) is 2.61. The number of nitrogens with one attached hydrogen (secondary N) is 1. The van der Waals surface area contributed by atoms with Gasteiger partial charge in [-0.15, -0.1) is 6.58 Å². The van der Waals surface area contributed by atoms with Gasteiger partial charge in [-0.3, -0.25) is 0 Å². The van der Waals surface area contributed by atoms with Gasteiger partial charge in [-0.2, -0.15) is 0 Å². The first-order valence-corrected chi connectivity index (χ1v) is 8.91. The highest BCUT2D eigenvalue weighted by Crippen LogP contribution is 2.24. The lowest BCUT2D eigenvalue weighted by atomic mass is 9.85. The molecule has 3 unspecified atom stereocenters. The van der Waals surface area contributed by atoms with Gasteiger partial charge in [-0.1, -0.05) is 26.3 Å². The van der Waals surface area contributed by atoms with Gasteiger partial charge in [-0.05, 0) is 58.8 Å². The number of ether oxygens (including phenoxy) is 2. The third kappa shape index (κ3) is 9.58. The third-order valence-corrected chi connectivity index (χ3v) is 3.78. The van der Waals surface area contributed by atoms with Crippen LogP contribution in [0.4, 0.5) is 4.79 Å². The Kier molecular flexibility index (Phi) is 10.4. The minimum Gasteiger partial charge on any atom is -0.464 e. The molecule has 1 amide bonds. The molecule has 0 aromatic heterocycles.